The highest BCUT2D eigenvalue weighted by atomic mass is 32.1. The van der Waals surface area contributed by atoms with E-state index in [4.69, 9.17) is 0 Å². The van der Waals surface area contributed by atoms with Crippen molar-refractivity contribution < 1.29 is 0 Å². The highest BCUT2D eigenvalue weighted by Gasteiger charge is 2.29. The van der Waals surface area contributed by atoms with Crippen molar-refractivity contribution in [3.8, 4) is 0 Å². The summed E-state index contributed by atoms with van der Waals surface area (Å²) in [5.41, 5.74) is 1.22. The minimum Gasteiger partial charge on any atom is -0.356 e. The molecule has 0 aliphatic carbocycles. The second kappa shape index (κ2) is 9.92. The van der Waals surface area contributed by atoms with Crippen LogP contribution in [0.5, 0.6) is 0 Å². The van der Waals surface area contributed by atoms with Crippen LogP contribution in [-0.4, -0.2) is 70.1 Å². The lowest BCUT2D eigenvalue weighted by molar-refractivity contribution is 0.172. The first-order valence-corrected chi connectivity index (χ1v) is 12.1. The van der Waals surface area contributed by atoms with Crippen molar-refractivity contribution in [1.29, 1.82) is 0 Å². The van der Waals surface area contributed by atoms with Crippen LogP contribution in [0, 0.1) is 18.8 Å². The van der Waals surface area contributed by atoms with Gasteiger partial charge >= 0.3 is 0 Å². The van der Waals surface area contributed by atoms with Crippen LogP contribution in [0.25, 0.3) is 0 Å². The zero-order chi connectivity index (χ0) is 20.9. The second-order valence-corrected chi connectivity index (χ2v) is 9.86. The van der Waals surface area contributed by atoms with Gasteiger partial charge < -0.3 is 14.8 Å². The molecule has 0 bridgehead atoms. The van der Waals surface area contributed by atoms with E-state index in [2.05, 4.69) is 60.1 Å². The number of nitrogens with one attached hydrogen (secondary N) is 1. The van der Waals surface area contributed by atoms with Crippen LogP contribution in [0.15, 0.2) is 29.1 Å². The Hall–Kier alpha value is -1.93. The first-order valence-electron chi connectivity index (χ1n) is 11.2. The smallest absolute Gasteiger partial charge is 0.193 e. The Labute approximate surface area is 184 Å². The molecule has 4 rings (SSSR count). The number of guanidine groups is 1. The molecule has 0 radical (unpaired) electrons. The van der Waals surface area contributed by atoms with Crippen molar-refractivity contribution >= 4 is 17.3 Å². The van der Waals surface area contributed by atoms with Gasteiger partial charge in [-0.1, -0.05) is 6.92 Å². The average Bonchev–Trinajstić information content (AvgIpc) is 3.43. The van der Waals surface area contributed by atoms with E-state index in [0.29, 0.717) is 17.9 Å². The van der Waals surface area contributed by atoms with Crippen molar-refractivity contribution in [3.05, 3.63) is 34.8 Å². The fraction of sp³-hybridized carbons (Fsp3) is 0.682. The highest BCUT2D eigenvalue weighted by Crippen LogP contribution is 2.27. The number of likely N-dealkylation sites (tertiary alicyclic amines) is 2. The molecule has 2 aromatic rings. The van der Waals surface area contributed by atoms with Gasteiger partial charge in [-0.05, 0) is 51.1 Å². The number of nitrogens with zero attached hydrogens (tertiary/aromatic N) is 6. The fourth-order valence-corrected chi connectivity index (χ4v) is 5.33. The molecule has 1 N–H and O–H groups in total. The molecule has 2 unspecified atom stereocenters. The Balaban J connectivity index is 1.24. The zero-order valence-corrected chi connectivity index (χ0v) is 19.3. The van der Waals surface area contributed by atoms with E-state index in [1.807, 2.05) is 19.6 Å². The Kier molecular flexibility index (Phi) is 7.04. The van der Waals surface area contributed by atoms with Crippen molar-refractivity contribution in [1.82, 2.24) is 29.7 Å². The van der Waals surface area contributed by atoms with E-state index in [-0.39, 0.29) is 0 Å². The standard InChI is InChI=1S/C22H35N7S/c1-17-4-10-28(14-21(17)29-11-7-24-16-29)22(23-3)25-12-19-5-8-27(9-6-19)13-20-15-30-18(2)26-20/h7,11,15-17,19,21H,4-6,8-10,12-14H2,1-3H3,(H,23,25). The van der Waals surface area contributed by atoms with Crippen LogP contribution in [0.2, 0.25) is 0 Å². The van der Waals surface area contributed by atoms with Gasteiger partial charge in [0, 0.05) is 51.0 Å². The largest absolute Gasteiger partial charge is 0.356 e. The molecule has 7 nitrogen and oxygen atoms in total. The van der Waals surface area contributed by atoms with Crippen LogP contribution >= 0.6 is 11.3 Å². The van der Waals surface area contributed by atoms with Crippen molar-refractivity contribution in [2.45, 2.75) is 45.7 Å². The molecule has 2 aliphatic heterocycles. The normalized spacial score (nSPS) is 24.4. The van der Waals surface area contributed by atoms with E-state index >= 15 is 0 Å². The summed E-state index contributed by atoms with van der Waals surface area (Å²) in [6.45, 7) is 10.8. The maximum absolute atomic E-state index is 4.61. The van der Waals surface area contributed by atoms with Gasteiger partial charge in [0.25, 0.3) is 0 Å². The summed E-state index contributed by atoms with van der Waals surface area (Å²) in [6, 6.07) is 0.456. The van der Waals surface area contributed by atoms with Crippen LogP contribution in [0.1, 0.15) is 42.9 Å². The second-order valence-electron chi connectivity index (χ2n) is 8.79. The maximum atomic E-state index is 4.61. The molecule has 164 valence electrons. The number of thiazole rings is 1. The molecule has 0 saturated carbocycles. The third kappa shape index (κ3) is 5.21. The third-order valence-electron chi connectivity index (χ3n) is 6.65. The van der Waals surface area contributed by atoms with Crippen molar-refractivity contribution in [2.24, 2.45) is 16.8 Å². The summed E-state index contributed by atoms with van der Waals surface area (Å²) in [6.07, 6.45) is 9.56. The van der Waals surface area contributed by atoms with Crippen molar-refractivity contribution in [3.63, 3.8) is 0 Å². The molecule has 4 heterocycles. The molecule has 2 fully saturated rings. The van der Waals surface area contributed by atoms with E-state index in [0.717, 1.165) is 50.2 Å². The number of aliphatic imine (C=N–C) groups is 1. The summed E-state index contributed by atoms with van der Waals surface area (Å²) in [5, 5.41) is 7.04. The summed E-state index contributed by atoms with van der Waals surface area (Å²) in [4.78, 5) is 18.4. The Morgan fingerprint density at radius 1 is 1.27 bits per heavy atom. The molecular weight excluding hydrogens is 394 g/mol. The molecule has 0 spiro atoms. The van der Waals surface area contributed by atoms with Gasteiger partial charge in [-0.25, -0.2) is 9.97 Å². The number of aromatic nitrogens is 3. The Morgan fingerprint density at radius 3 is 2.77 bits per heavy atom. The quantitative estimate of drug-likeness (QED) is 0.585. The van der Waals surface area contributed by atoms with Crippen LogP contribution in [0.4, 0.5) is 0 Å². The summed E-state index contributed by atoms with van der Waals surface area (Å²) in [5.74, 6) is 2.41. The summed E-state index contributed by atoms with van der Waals surface area (Å²) in [7, 11) is 1.91. The van der Waals surface area contributed by atoms with E-state index in [9.17, 15) is 0 Å². The SMILES string of the molecule is CN=C(NCC1CCN(Cc2csc(C)n2)CC1)N1CCC(C)C(n2ccnc2)C1. The van der Waals surface area contributed by atoms with Crippen molar-refractivity contribution in [2.75, 3.05) is 39.8 Å². The molecule has 8 heteroatoms. The maximum Gasteiger partial charge on any atom is 0.193 e. The summed E-state index contributed by atoms with van der Waals surface area (Å²) < 4.78 is 2.25. The highest BCUT2D eigenvalue weighted by molar-refractivity contribution is 7.09. The molecular formula is C22H35N7S. The summed E-state index contributed by atoms with van der Waals surface area (Å²) >= 11 is 1.75. The van der Waals surface area contributed by atoms with Gasteiger partial charge in [0.15, 0.2) is 5.96 Å². The minimum atomic E-state index is 0.456. The molecule has 0 aromatic carbocycles. The molecule has 0 amide bonds. The number of rotatable bonds is 5. The number of imidazole rings is 1. The lowest BCUT2D eigenvalue weighted by Gasteiger charge is -2.39. The fourth-order valence-electron chi connectivity index (χ4n) is 4.72. The van der Waals surface area contributed by atoms with Crippen LogP contribution in [-0.2, 0) is 6.54 Å². The van der Waals surface area contributed by atoms with Gasteiger partial charge in [-0.2, -0.15) is 0 Å². The van der Waals surface area contributed by atoms with Gasteiger partial charge in [-0.15, -0.1) is 11.3 Å². The average molecular weight is 430 g/mol. The van der Waals surface area contributed by atoms with Gasteiger partial charge in [-0.3, -0.25) is 9.89 Å². The Morgan fingerprint density at radius 2 is 2.10 bits per heavy atom. The zero-order valence-electron chi connectivity index (χ0n) is 18.5. The molecule has 30 heavy (non-hydrogen) atoms. The molecule has 2 aliphatic rings. The molecule has 2 saturated heterocycles. The number of hydrogen-bond acceptors (Lipinski definition) is 5. The monoisotopic (exact) mass is 429 g/mol. The van der Waals surface area contributed by atoms with E-state index in [1.165, 1.54) is 25.0 Å². The Bertz CT molecular complexity index is 807. The number of aryl methyl sites for hydroxylation is 1. The predicted octanol–water partition coefficient (Wildman–Crippen LogP) is 3.02. The predicted molar refractivity (Wildman–Crippen MR) is 123 cm³/mol. The van der Waals surface area contributed by atoms with Gasteiger partial charge in [0.1, 0.15) is 0 Å². The first-order chi connectivity index (χ1) is 14.6. The number of hydrogen-bond donors (Lipinski definition) is 1. The van der Waals surface area contributed by atoms with Crippen LogP contribution in [0.3, 0.4) is 0 Å². The van der Waals surface area contributed by atoms with Gasteiger partial charge in [0.05, 0.1) is 23.1 Å². The first kappa shape index (κ1) is 21.3. The topological polar surface area (TPSA) is 61.6 Å². The number of piperidine rings is 2. The third-order valence-corrected chi connectivity index (χ3v) is 7.47. The molecule has 2 atom stereocenters. The molecule has 2 aromatic heterocycles. The van der Waals surface area contributed by atoms with E-state index < -0.39 is 0 Å². The van der Waals surface area contributed by atoms with Crippen LogP contribution < -0.4 is 5.32 Å². The lowest BCUT2D eigenvalue weighted by Crippen LogP contribution is -2.50. The van der Waals surface area contributed by atoms with E-state index in [1.54, 1.807) is 11.3 Å². The lowest BCUT2D eigenvalue weighted by atomic mass is 9.93. The minimum absolute atomic E-state index is 0.456. The van der Waals surface area contributed by atoms with Gasteiger partial charge in [0.2, 0.25) is 0 Å².